The molecule has 2 aromatic carbocycles. The molecule has 0 aliphatic heterocycles. The lowest BCUT2D eigenvalue weighted by Crippen LogP contribution is -2.10. The van der Waals surface area contributed by atoms with E-state index in [9.17, 15) is 0 Å². The molecule has 0 fully saturated rings. The number of nitrogens with zero attached hydrogens (tertiary/aromatic N) is 2. The first-order chi connectivity index (χ1) is 12.9. The highest BCUT2D eigenvalue weighted by molar-refractivity contribution is 7.80. The number of thiocarbonyl (C=S) groups is 1. The van der Waals surface area contributed by atoms with Crippen LogP contribution in [0.1, 0.15) is 16.7 Å². The van der Waals surface area contributed by atoms with Gasteiger partial charge in [-0.25, -0.2) is 4.98 Å². The summed E-state index contributed by atoms with van der Waals surface area (Å²) in [6.45, 7) is 2.66. The summed E-state index contributed by atoms with van der Waals surface area (Å²) >= 11 is 11.2. The fourth-order valence-electron chi connectivity index (χ4n) is 2.75. The smallest absolute Gasteiger partial charge is 0.222 e. The Kier molecular flexibility index (Phi) is 5.88. The molecule has 27 heavy (non-hydrogen) atoms. The van der Waals surface area contributed by atoms with Crippen molar-refractivity contribution in [1.82, 2.24) is 9.97 Å². The number of nitrogen functional groups attached to an aromatic ring is 1. The van der Waals surface area contributed by atoms with Gasteiger partial charge in [-0.1, -0.05) is 60.2 Å². The summed E-state index contributed by atoms with van der Waals surface area (Å²) in [5, 5.41) is 4.00. The lowest BCUT2D eigenvalue weighted by atomic mass is 10.1. The van der Waals surface area contributed by atoms with Crippen molar-refractivity contribution in [2.24, 2.45) is 5.73 Å². The Labute approximate surface area is 168 Å². The Bertz CT molecular complexity index is 973. The highest BCUT2D eigenvalue weighted by Gasteiger charge is 2.09. The van der Waals surface area contributed by atoms with Crippen LogP contribution < -0.4 is 16.8 Å². The second-order valence-corrected chi connectivity index (χ2v) is 6.99. The molecular weight excluding hydrogens is 378 g/mol. The summed E-state index contributed by atoms with van der Waals surface area (Å²) in [6, 6.07) is 15.5. The van der Waals surface area contributed by atoms with Crippen molar-refractivity contribution in [2.45, 2.75) is 13.3 Å². The molecule has 5 nitrogen and oxygen atoms in total. The van der Waals surface area contributed by atoms with E-state index in [1.165, 1.54) is 5.56 Å². The van der Waals surface area contributed by atoms with Gasteiger partial charge in [0.25, 0.3) is 0 Å². The van der Waals surface area contributed by atoms with Gasteiger partial charge in [0, 0.05) is 28.8 Å². The van der Waals surface area contributed by atoms with Crippen LogP contribution in [0, 0.1) is 6.92 Å². The van der Waals surface area contributed by atoms with Gasteiger partial charge in [0.05, 0.1) is 5.69 Å². The Hall–Kier alpha value is -2.70. The zero-order chi connectivity index (χ0) is 19.4. The van der Waals surface area contributed by atoms with E-state index in [2.05, 4.69) is 15.3 Å². The van der Waals surface area contributed by atoms with Gasteiger partial charge >= 0.3 is 0 Å². The number of hydrogen-bond donors (Lipinski definition) is 3. The third kappa shape index (κ3) is 4.72. The maximum absolute atomic E-state index is 6.22. The van der Waals surface area contributed by atoms with E-state index in [0.717, 1.165) is 28.8 Å². The summed E-state index contributed by atoms with van der Waals surface area (Å²) in [5.41, 5.74) is 16.2. The fourth-order valence-corrected chi connectivity index (χ4v) is 3.06. The average Bonchev–Trinajstić information content (AvgIpc) is 2.64. The van der Waals surface area contributed by atoms with Crippen LogP contribution in [0.25, 0.3) is 11.3 Å². The van der Waals surface area contributed by atoms with Gasteiger partial charge in [-0.3, -0.25) is 0 Å². The molecule has 0 amide bonds. The standard InChI is InChI=1S/C20H20ClN5S/c1-12-15(3-2-4-16(12)21)17-11-18(26-20(23)25-17)24-10-9-13-5-7-14(8-6-13)19(22)27/h2-8,11H,9-10H2,1H3,(H2,22,27)(H3,23,24,25,26). The quantitative estimate of drug-likeness (QED) is 0.545. The fraction of sp³-hybridized carbons (Fsp3) is 0.150. The van der Waals surface area contributed by atoms with Crippen LogP contribution in [0.5, 0.6) is 0 Å². The van der Waals surface area contributed by atoms with Gasteiger partial charge in [-0.05, 0) is 30.5 Å². The molecule has 138 valence electrons. The molecule has 1 aromatic heterocycles. The van der Waals surface area contributed by atoms with Gasteiger partial charge in [0.15, 0.2) is 0 Å². The highest BCUT2D eigenvalue weighted by atomic mass is 35.5. The Morgan fingerprint density at radius 1 is 1.15 bits per heavy atom. The molecule has 5 N–H and O–H groups in total. The number of nitrogens with one attached hydrogen (secondary N) is 1. The van der Waals surface area contributed by atoms with Crippen LogP contribution in [-0.4, -0.2) is 21.5 Å². The molecule has 0 saturated heterocycles. The number of anilines is 2. The molecule has 1 heterocycles. The molecule has 3 aromatic rings. The van der Waals surface area contributed by atoms with Crippen molar-refractivity contribution in [2.75, 3.05) is 17.6 Å². The van der Waals surface area contributed by atoms with E-state index < -0.39 is 0 Å². The second kappa shape index (κ2) is 8.33. The van der Waals surface area contributed by atoms with Crippen LogP contribution >= 0.6 is 23.8 Å². The minimum Gasteiger partial charge on any atom is -0.389 e. The summed E-state index contributed by atoms with van der Waals surface area (Å²) in [7, 11) is 0. The number of hydrogen-bond acceptors (Lipinski definition) is 5. The van der Waals surface area contributed by atoms with Gasteiger partial charge in [0.1, 0.15) is 10.8 Å². The Morgan fingerprint density at radius 3 is 2.59 bits per heavy atom. The molecule has 0 aliphatic carbocycles. The van der Waals surface area contributed by atoms with Crippen molar-refractivity contribution in [3.63, 3.8) is 0 Å². The summed E-state index contributed by atoms with van der Waals surface area (Å²) in [6.07, 6.45) is 0.826. The zero-order valence-corrected chi connectivity index (χ0v) is 16.4. The average molecular weight is 398 g/mol. The van der Waals surface area contributed by atoms with Crippen molar-refractivity contribution >= 4 is 40.6 Å². The third-order valence-electron chi connectivity index (χ3n) is 4.25. The number of halogens is 1. The Balaban J connectivity index is 1.71. The largest absolute Gasteiger partial charge is 0.389 e. The number of benzene rings is 2. The molecule has 3 rings (SSSR count). The van der Waals surface area contributed by atoms with Crippen molar-refractivity contribution < 1.29 is 0 Å². The number of rotatable bonds is 6. The van der Waals surface area contributed by atoms with Gasteiger partial charge in [-0.15, -0.1) is 0 Å². The van der Waals surface area contributed by atoms with Crippen molar-refractivity contribution in [1.29, 1.82) is 0 Å². The van der Waals surface area contributed by atoms with E-state index in [1.54, 1.807) is 0 Å². The lowest BCUT2D eigenvalue weighted by Gasteiger charge is -2.11. The molecule has 0 unspecified atom stereocenters. The molecule has 0 atom stereocenters. The van der Waals surface area contributed by atoms with E-state index in [0.29, 0.717) is 22.4 Å². The monoisotopic (exact) mass is 397 g/mol. The van der Waals surface area contributed by atoms with Crippen molar-refractivity contribution in [3.05, 3.63) is 70.2 Å². The minimum atomic E-state index is 0.218. The van der Waals surface area contributed by atoms with Gasteiger partial charge in [0.2, 0.25) is 5.95 Å². The topological polar surface area (TPSA) is 89.8 Å². The molecule has 0 aliphatic rings. The normalized spacial score (nSPS) is 10.6. The van der Waals surface area contributed by atoms with E-state index in [4.69, 9.17) is 35.3 Å². The predicted octanol–water partition coefficient (Wildman–Crippen LogP) is 3.98. The first-order valence-corrected chi connectivity index (χ1v) is 9.25. The molecule has 0 bridgehead atoms. The summed E-state index contributed by atoms with van der Waals surface area (Å²) < 4.78 is 0. The van der Waals surface area contributed by atoms with Crippen LogP contribution in [0.3, 0.4) is 0 Å². The minimum absolute atomic E-state index is 0.218. The van der Waals surface area contributed by atoms with Crippen LogP contribution in [0.2, 0.25) is 5.02 Å². The van der Waals surface area contributed by atoms with E-state index >= 15 is 0 Å². The van der Waals surface area contributed by atoms with Crippen LogP contribution in [0.15, 0.2) is 48.5 Å². The molecule has 0 spiro atoms. The molecule has 0 saturated carbocycles. The summed E-state index contributed by atoms with van der Waals surface area (Å²) in [4.78, 5) is 9.01. The maximum Gasteiger partial charge on any atom is 0.222 e. The van der Waals surface area contributed by atoms with Gasteiger partial charge in [-0.2, -0.15) is 4.98 Å². The highest BCUT2D eigenvalue weighted by Crippen LogP contribution is 2.28. The van der Waals surface area contributed by atoms with Crippen molar-refractivity contribution in [3.8, 4) is 11.3 Å². The maximum atomic E-state index is 6.22. The number of nitrogens with two attached hydrogens (primary N) is 2. The molecular formula is C20H20ClN5S. The SMILES string of the molecule is Cc1c(Cl)cccc1-c1cc(NCCc2ccc(C(N)=S)cc2)nc(N)n1. The van der Waals surface area contributed by atoms with E-state index in [1.807, 2.05) is 55.5 Å². The molecule has 0 radical (unpaired) electrons. The predicted molar refractivity (Wildman–Crippen MR) is 116 cm³/mol. The van der Waals surface area contributed by atoms with Crippen LogP contribution in [0.4, 0.5) is 11.8 Å². The summed E-state index contributed by atoms with van der Waals surface area (Å²) in [5.74, 6) is 0.895. The Morgan fingerprint density at radius 2 is 1.89 bits per heavy atom. The van der Waals surface area contributed by atoms with Gasteiger partial charge < -0.3 is 16.8 Å². The first kappa shape index (κ1) is 19.1. The van der Waals surface area contributed by atoms with E-state index in [-0.39, 0.29) is 5.95 Å². The number of aromatic nitrogens is 2. The second-order valence-electron chi connectivity index (χ2n) is 6.15. The zero-order valence-electron chi connectivity index (χ0n) is 14.9. The first-order valence-electron chi connectivity index (χ1n) is 8.46. The van der Waals surface area contributed by atoms with Crippen LogP contribution in [-0.2, 0) is 6.42 Å². The third-order valence-corrected chi connectivity index (χ3v) is 4.89. The lowest BCUT2D eigenvalue weighted by molar-refractivity contribution is 1.00. The molecule has 7 heteroatoms.